The van der Waals surface area contributed by atoms with Crippen LogP contribution in [-0.4, -0.2) is 75.1 Å². The predicted octanol–water partition coefficient (Wildman–Crippen LogP) is 0.979. The van der Waals surface area contributed by atoms with Crippen molar-refractivity contribution in [2.45, 2.75) is 84.2 Å². The zero-order valence-electron chi connectivity index (χ0n) is 22.4. The second-order valence-electron chi connectivity index (χ2n) is 9.78. The minimum absolute atomic E-state index is 0.0963. The maximum Gasteiger partial charge on any atom is 0.326 e. The maximum atomic E-state index is 13.3. The third-order valence-electron chi connectivity index (χ3n) is 6.30. The summed E-state index contributed by atoms with van der Waals surface area (Å²) in [5.41, 5.74) is 6.39. The Kier molecular flexibility index (Phi) is 12.9. The highest BCUT2D eigenvalue weighted by molar-refractivity contribution is 6.03. The number of benzene rings is 1. The molecule has 1 aromatic rings. The molecule has 6 atom stereocenters. The van der Waals surface area contributed by atoms with Crippen molar-refractivity contribution in [3.05, 3.63) is 29.8 Å². The van der Waals surface area contributed by atoms with Crippen molar-refractivity contribution in [2.75, 3.05) is 5.32 Å². The number of aliphatic carboxylic acids is 2. The van der Waals surface area contributed by atoms with Crippen molar-refractivity contribution >= 4 is 35.2 Å². The van der Waals surface area contributed by atoms with Gasteiger partial charge in [0.25, 0.3) is 0 Å². The molecular weight excluding hydrogens is 496 g/mol. The zero-order chi connectivity index (χ0) is 29.2. The van der Waals surface area contributed by atoms with E-state index in [4.69, 9.17) is 10.8 Å². The number of carbonyl (C=O) groups is 5. The van der Waals surface area contributed by atoms with Gasteiger partial charge in [-0.1, -0.05) is 46.2 Å². The van der Waals surface area contributed by atoms with E-state index < -0.39 is 66.2 Å². The number of carbonyl (C=O) groups excluding carboxylic acids is 3. The van der Waals surface area contributed by atoms with Crippen LogP contribution < -0.4 is 21.7 Å². The smallest absolute Gasteiger partial charge is 0.326 e. The lowest BCUT2D eigenvalue weighted by Crippen LogP contribution is -2.57. The summed E-state index contributed by atoms with van der Waals surface area (Å²) in [7, 11) is 0. The molecule has 0 heterocycles. The number of nitrogens with two attached hydrogens (primary N) is 1. The quantitative estimate of drug-likeness (QED) is 0.149. The Hall–Kier alpha value is -3.51. The van der Waals surface area contributed by atoms with Gasteiger partial charge in [-0.15, -0.1) is 0 Å². The number of carboxylic acids is 2. The molecule has 0 aliphatic rings. The number of hydrogen-bond donors (Lipinski definition) is 7. The van der Waals surface area contributed by atoms with E-state index >= 15 is 0 Å². The van der Waals surface area contributed by atoms with E-state index in [9.17, 15) is 34.2 Å². The van der Waals surface area contributed by atoms with Crippen LogP contribution in [0.3, 0.4) is 0 Å². The second kappa shape index (κ2) is 15.0. The molecule has 2 amide bonds. The van der Waals surface area contributed by atoms with E-state index in [1.54, 1.807) is 26.8 Å². The summed E-state index contributed by atoms with van der Waals surface area (Å²) >= 11 is 0. The molecule has 8 N–H and O–H groups in total. The van der Waals surface area contributed by atoms with Crippen LogP contribution in [0.25, 0.3) is 0 Å². The number of rotatable bonds is 16. The molecule has 0 radical (unpaired) electrons. The lowest BCUT2D eigenvalue weighted by molar-refractivity contribution is -0.139. The topological polar surface area (TPSA) is 208 Å². The Labute approximate surface area is 222 Å². The first-order valence-corrected chi connectivity index (χ1v) is 12.6. The van der Waals surface area contributed by atoms with Crippen LogP contribution >= 0.6 is 0 Å². The number of amides is 2. The molecule has 0 aromatic heterocycles. The first-order valence-electron chi connectivity index (χ1n) is 12.6. The van der Waals surface area contributed by atoms with E-state index in [1.807, 2.05) is 6.92 Å². The summed E-state index contributed by atoms with van der Waals surface area (Å²) in [5, 5.41) is 36.5. The molecule has 1 rings (SSSR count). The monoisotopic (exact) mass is 536 g/mol. The highest BCUT2D eigenvalue weighted by Crippen LogP contribution is 2.17. The van der Waals surface area contributed by atoms with Crippen molar-refractivity contribution in [1.82, 2.24) is 10.6 Å². The summed E-state index contributed by atoms with van der Waals surface area (Å²) in [6, 6.07) is 1.42. The van der Waals surface area contributed by atoms with Gasteiger partial charge < -0.3 is 37.0 Å². The fraction of sp³-hybridized carbons (Fsp3) is 0.577. The van der Waals surface area contributed by atoms with Crippen LogP contribution in [0.2, 0.25) is 0 Å². The van der Waals surface area contributed by atoms with E-state index in [1.165, 1.54) is 25.1 Å². The van der Waals surface area contributed by atoms with Crippen LogP contribution in [0, 0.1) is 11.8 Å². The molecule has 0 unspecified atom stereocenters. The van der Waals surface area contributed by atoms with E-state index in [-0.39, 0.29) is 23.8 Å². The molecule has 0 aliphatic carbocycles. The number of carboxylic acid groups (broad SMARTS) is 2. The number of anilines is 1. The molecule has 212 valence electrons. The van der Waals surface area contributed by atoms with Gasteiger partial charge in [0.15, 0.2) is 5.78 Å². The molecular formula is C26H40N4O8. The number of hydrogen-bond acceptors (Lipinski definition) is 8. The Morgan fingerprint density at radius 1 is 0.947 bits per heavy atom. The Morgan fingerprint density at radius 2 is 1.58 bits per heavy atom. The lowest BCUT2D eigenvalue weighted by Gasteiger charge is -2.26. The van der Waals surface area contributed by atoms with Crippen LogP contribution in [0.15, 0.2) is 24.3 Å². The van der Waals surface area contributed by atoms with Crippen molar-refractivity contribution in [2.24, 2.45) is 17.6 Å². The fourth-order valence-electron chi connectivity index (χ4n) is 3.61. The minimum atomic E-state index is -1.43. The summed E-state index contributed by atoms with van der Waals surface area (Å²) in [6.07, 6.45) is -1.43. The molecule has 0 saturated heterocycles. The van der Waals surface area contributed by atoms with Crippen LogP contribution in [0.4, 0.5) is 5.69 Å². The first kappa shape index (κ1) is 32.5. The Balaban J connectivity index is 3.15. The number of Topliss-reactive ketones (excluding diaryl/α,β-unsaturated/α-hetero) is 1. The van der Waals surface area contributed by atoms with Gasteiger partial charge >= 0.3 is 11.9 Å². The molecule has 0 aliphatic heterocycles. The van der Waals surface area contributed by atoms with Crippen molar-refractivity contribution < 1.29 is 39.3 Å². The average molecular weight is 537 g/mol. The largest absolute Gasteiger partial charge is 0.481 e. The third kappa shape index (κ3) is 9.75. The molecule has 0 spiro atoms. The first-order chi connectivity index (χ1) is 17.7. The van der Waals surface area contributed by atoms with Crippen LogP contribution in [-0.2, 0) is 19.2 Å². The maximum absolute atomic E-state index is 13.3. The normalized spacial score (nSPS) is 15.9. The molecule has 0 bridgehead atoms. The van der Waals surface area contributed by atoms with Crippen LogP contribution in [0.1, 0.15) is 64.2 Å². The highest BCUT2D eigenvalue weighted by atomic mass is 16.4. The third-order valence-corrected chi connectivity index (χ3v) is 6.30. The Bertz CT molecular complexity index is 997. The second-order valence-corrected chi connectivity index (χ2v) is 9.78. The number of nitrogens with one attached hydrogen (secondary N) is 3. The fourth-order valence-corrected chi connectivity index (χ4v) is 3.61. The van der Waals surface area contributed by atoms with E-state index in [0.717, 1.165) is 0 Å². The SMILES string of the molecule is CC[C@H](C)[C@H](N)C(=O)N[C@@H](CCC(=O)O)C(=O)N[C@H](C(=O)c1cccc(N[C@H](C(=O)O)C(C)C)c1)[C@@H](C)O. The molecule has 12 nitrogen and oxygen atoms in total. The average Bonchev–Trinajstić information content (AvgIpc) is 2.85. The van der Waals surface area contributed by atoms with Gasteiger partial charge in [-0.3, -0.25) is 19.2 Å². The van der Waals surface area contributed by atoms with E-state index in [2.05, 4.69) is 16.0 Å². The van der Waals surface area contributed by atoms with Crippen molar-refractivity contribution in [1.29, 1.82) is 0 Å². The molecule has 1 aromatic carbocycles. The molecule has 0 fully saturated rings. The molecule has 0 saturated carbocycles. The van der Waals surface area contributed by atoms with Crippen molar-refractivity contribution in [3.8, 4) is 0 Å². The van der Waals surface area contributed by atoms with Gasteiger partial charge in [-0.2, -0.15) is 0 Å². The summed E-state index contributed by atoms with van der Waals surface area (Å²) < 4.78 is 0. The van der Waals surface area contributed by atoms with Gasteiger partial charge in [0.2, 0.25) is 11.8 Å². The summed E-state index contributed by atoms with van der Waals surface area (Å²) in [5.74, 6) is -4.83. The highest BCUT2D eigenvalue weighted by Gasteiger charge is 2.32. The predicted molar refractivity (Wildman–Crippen MR) is 140 cm³/mol. The molecule has 38 heavy (non-hydrogen) atoms. The van der Waals surface area contributed by atoms with Gasteiger partial charge in [0, 0.05) is 17.7 Å². The Morgan fingerprint density at radius 3 is 2.08 bits per heavy atom. The number of ketones is 1. The minimum Gasteiger partial charge on any atom is -0.481 e. The van der Waals surface area contributed by atoms with Crippen LogP contribution in [0.5, 0.6) is 0 Å². The van der Waals surface area contributed by atoms with Gasteiger partial charge in [0.05, 0.1) is 12.1 Å². The lowest BCUT2D eigenvalue weighted by atomic mass is 9.97. The van der Waals surface area contributed by atoms with Crippen molar-refractivity contribution in [3.63, 3.8) is 0 Å². The van der Waals surface area contributed by atoms with Gasteiger partial charge in [0.1, 0.15) is 18.1 Å². The number of aliphatic hydroxyl groups excluding tert-OH is 1. The van der Waals surface area contributed by atoms with Gasteiger partial charge in [-0.05, 0) is 37.3 Å². The van der Waals surface area contributed by atoms with Gasteiger partial charge in [-0.25, -0.2) is 4.79 Å². The summed E-state index contributed by atoms with van der Waals surface area (Å²) in [6.45, 7) is 8.38. The molecule has 12 heteroatoms. The standard InChI is InChI=1S/C26H40N4O8/c1-6-14(4)20(27)25(36)29-18(10-11-19(32)33)24(35)30-22(15(5)31)23(34)16-8-7-9-17(12-16)28-21(13(2)3)26(37)38/h7-9,12-15,18,20-22,28,31H,6,10-11,27H2,1-5H3,(H,29,36)(H,30,35)(H,32,33)(H,37,38)/t14-,15+,18-,20-,21-,22-/m0/s1. The number of aliphatic hydroxyl groups is 1. The zero-order valence-corrected chi connectivity index (χ0v) is 22.4. The summed E-state index contributed by atoms with van der Waals surface area (Å²) in [4.78, 5) is 61.5. The van der Waals surface area contributed by atoms with E-state index in [0.29, 0.717) is 12.1 Å².